The number of hydrogen-bond acceptors (Lipinski definition) is 6. The summed E-state index contributed by atoms with van der Waals surface area (Å²) in [5.74, 6) is -1.53. The van der Waals surface area contributed by atoms with Crippen LogP contribution in [0.3, 0.4) is 0 Å². The summed E-state index contributed by atoms with van der Waals surface area (Å²) >= 11 is 0. The lowest BCUT2D eigenvalue weighted by Crippen LogP contribution is -2.50. The van der Waals surface area contributed by atoms with Gasteiger partial charge in [0.2, 0.25) is 0 Å². The van der Waals surface area contributed by atoms with Crippen LogP contribution in [0.1, 0.15) is 155 Å². The van der Waals surface area contributed by atoms with E-state index in [1.165, 1.54) is 57.8 Å². The highest BCUT2D eigenvalue weighted by atomic mass is 16.6. The second-order valence-corrected chi connectivity index (χ2v) is 14.2. The normalized spacial score (nSPS) is 13.4. The van der Waals surface area contributed by atoms with Crippen LogP contribution in [0.5, 0.6) is 0 Å². The second kappa shape index (κ2) is 32.7. The summed E-state index contributed by atoms with van der Waals surface area (Å²) in [6.45, 7) is 4.61. The van der Waals surface area contributed by atoms with Gasteiger partial charge in [0.1, 0.15) is 6.61 Å². The highest BCUT2D eigenvalue weighted by Crippen LogP contribution is 2.12. The van der Waals surface area contributed by atoms with Gasteiger partial charge in [-0.25, -0.2) is 4.79 Å². The Kier molecular flexibility index (Phi) is 31.1. The highest BCUT2D eigenvalue weighted by Gasteiger charge is 2.31. The van der Waals surface area contributed by atoms with E-state index in [1.807, 2.05) is 21.1 Å². The van der Waals surface area contributed by atoms with Crippen LogP contribution in [0.4, 0.5) is 0 Å². The van der Waals surface area contributed by atoms with E-state index in [0.29, 0.717) is 19.3 Å². The molecule has 0 spiro atoms. The first-order valence-electron chi connectivity index (χ1n) is 19.5. The van der Waals surface area contributed by atoms with Crippen molar-refractivity contribution in [1.29, 1.82) is 0 Å². The molecule has 8 heteroatoms. The van der Waals surface area contributed by atoms with Crippen LogP contribution >= 0.6 is 0 Å². The minimum absolute atomic E-state index is 0.0459. The van der Waals surface area contributed by atoms with Gasteiger partial charge >= 0.3 is 17.9 Å². The zero-order valence-corrected chi connectivity index (χ0v) is 32.1. The van der Waals surface area contributed by atoms with Crippen molar-refractivity contribution in [1.82, 2.24) is 0 Å². The molecule has 2 atom stereocenters. The molecular weight excluding hydrogens is 618 g/mol. The van der Waals surface area contributed by atoms with Crippen LogP contribution in [0.15, 0.2) is 36.5 Å². The van der Waals surface area contributed by atoms with E-state index in [0.717, 1.165) is 64.2 Å². The van der Waals surface area contributed by atoms with Gasteiger partial charge in [0.15, 0.2) is 12.1 Å². The van der Waals surface area contributed by atoms with Gasteiger partial charge in [0.25, 0.3) is 0 Å². The third-order valence-corrected chi connectivity index (χ3v) is 8.54. The van der Waals surface area contributed by atoms with Crippen molar-refractivity contribution in [3.8, 4) is 0 Å². The second-order valence-electron chi connectivity index (χ2n) is 14.2. The number of carbonyl (C=O) groups excluding carboxylic acids is 2. The first-order chi connectivity index (χ1) is 23.6. The number of aliphatic carboxylic acids is 1. The zero-order chi connectivity index (χ0) is 36.4. The Hall–Kier alpha value is -2.45. The third kappa shape index (κ3) is 31.3. The molecule has 0 rings (SSSR count). The molecule has 0 radical (unpaired) electrons. The van der Waals surface area contributed by atoms with Crippen LogP contribution in [-0.4, -0.2) is 80.6 Å². The van der Waals surface area contributed by atoms with Crippen molar-refractivity contribution in [2.45, 2.75) is 167 Å². The fourth-order valence-electron chi connectivity index (χ4n) is 5.41. The Morgan fingerprint density at radius 1 is 0.612 bits per heavy atom. The van der Waals surface area contributed by atoms with Gasteiger partial charge in [0.05, 0.1) is 34.4 Å². The molecule has 0 aliphatic carbocycles. The van der Waals surface area contributed by atoms with Gasteiger partial charge in [-0.15, -0.1) is 0 Å². The number of carboxylic acid groups (broad SMARTS) is 1. The molecule has 49 heavy (non-hydrogen) atoms. The number of allylic oxidation sites excluding steroid dienone is 6. The fraction of sp³-hybridized carbons (Fsp3) is 0.780. The van der Waals surface area contributed by atoms with E-state index in [9.17, 15) is 19.5 Å². The topological polar surface area (TPSA) is 99.1 Å². The van der Waals surface area contributed by atoms with Gasteiger partial charge in [-0.05, 0) is 57.8 Å². The molecule has 0 saturated heterocycles. The summed E-state index contributed by atoms with van der Waals surface area (Å²) in [4.78, 5) is 36.7. The number of carboxylic acids is 1. The molecule has 0 saturated carbocycles. The number of hydrogen-bond donors (Lipinski definition) is 1. The summed E-state index contributed by atoms with van der Waals surface area (Å²) < 4.78 is 17.1. The summed E-state index contributed by atoms with van der Waals surface area (Å²) in [6.07, 6.45) is 34.7. The minimum Gasteiger partial charge on any atom is -0.477 e. The van der Waals surface area contributed by atoms with Gasteiger partial charge < -0.3 is 23.8 Å². The van der Waals surface area contributed by atoms with Crippen LogP contribution < -0.4 is 0 Å². The van der Waals surface area contributed by atoms with Crippen molar-refractivity contribution in [2.75, 3.05) is 41.0 Å². The molecule has 0 amide bonds. The number of unbranched alkanes of at least 4 members (excludes halogenated alkanes) is 15. The Balaban J connectivity index is 4.47. The smallest absolute Gasteiger partial charge is 0.362 e. The molecule has 0 aliphatic heterocycles. The molecule has 2 unspecified atom stereocenters. The molecule has 0 bridgehead atoms. The zero-order valence-electron chi connectivity index (χ0n) is 32.1. The molecule has 0 aromatic carbocycles. The molecule has 0 aromatic rings. The lowest BCUT2D eigenvalue weighted by molar-refractivity contribution is -0.887. The predicted molar refractivity (Wildman–Crippen MR) is 201 cm³/mol. The number of ether oxygens (including phenoxy) is 3. The summed E-state index contributed by atoms with van der Waals surface area (Å²) in [5, 5.41) is 9.58. The summed E-state index contributed by atoms with van der Waals surface area (Å²) in [5.41, 5.74) is 0. The molecule has 0 aromatic heterocycles. The van der Waals surface area contributed by atoms with E-state index in [4.69, 9.17) is 14.2 Å². The van der Waals surface area contributed by atoms with Gasteiger partial charge in [0, 0.05) is 19.3 Å². The van der Waals surface area contributed by atoms with Crippen molar-refractivity contribution in [2.24, 2.45) is 0 Å². The number of likely N-dealkylation sites (N-methyl/N-ethyl adjacent to an activating group) is 1. The average Bonchev–Trinajstić information content (AvgIpc) is 3.05. The van der Waals surface area contributed by atoms with E-state index in [1.54, 1.807) is 0 Å². The number of quaternary nitrogens is 1. The van der Waals surface area contributed by atoms with Gasteiger partial charge in [-0.2, -0.15) is 0 Å². The standard InChI is InChI=1S/C41H73NO7/c1-6-8-10-12-14-16-18-19-20-22-23-25-27-29-31-39(43)48-36-37(35-47-34-33-38(41(45)46)42(3,4)5)49-40(44)32-30-28-26-24-21-17-15-13-11-9-7-2/h13,15,17,20-22,37-38H,6-12,14,16,18-19,23-36H2,1-5H3/p+1/b15-13+,21-17+,22-20+. The summed E-state index contributed by atoms with van der Waals surface area (Å²) in [6, 6.07) is -0.619. The van der Waals surface area contributed by atoms with Crippen LogP contribution in [0.25, 0.3) is 0 Å². The highest BCUT2D eigenvalue weighted by molar-refractivity contribution is 5.72. The van der Waals surface area contributed by atoms with Crippen molar-refractivity contribution >= 4 is 17.9 Å². The molecule has 284 valence electrons. The maximum Gasteiger partial charge on any atom is 0.362 e. The monoisotopic (exact) mass is 693 g/mol. The summed E-state index contributed by atoms with van der Waals surface area (Å²) in [7, 11) is 5.50. The fourth-order valence-corrected chi connectivity index (χ4v) is 5.41. The lowest BCUT2D eigenvalue weighted by Gasteiger charge is -2.31. The Labute approximate surface area is 300 Å². The van der Waals surface area contributed by atoms with E-state index < -0.39 is 18.1 Å². The minimum atomic E-state index is -0.883. The molecule has 0 heterocycles. The lowest BCUT2D eigenvalue weighted by atomic mass is 10.1. The number of carbonyl (C=O) groups is 3. The van der Waals surface area contributed by atoms with Crippen LogP contribution in [0, 0.1) is 0 Å². The maximum atomic E-state index is 12.6. The van der Waals surface area contributed by atoms with Crippen molar-refractivity contribution < 1.29 is 38.2 Å². The SMILES string of the molecule is CCCC/C=C/C=C/CCCCCC(=O)OC(COCCC(C(=O)O)[N+](C)(C)C)COC(=O)CCCCC/C=C/CCCCCCCCC. The largest absolute Gasteiger partial charge is 0.477 e. The van der Waals surface area contributed by atoms with E-state index in [2.05, 4.69) is 50.3 Å². The van der Waals surface area contributed by atoms with E-state index in [-0.39, 0.29) is 36.2 Å². The quantitative estimate of drug-likeness (QED) is 0.0236. The van der Waals surface area contributed by atoms with Crippen molar-refractivity contribution in [3.63, 3.8) is 0 Å². The molecule has 1 N–H and O–H groups in total. The molecule has 0 aliphatic rings. The average molecular weight is 693 g/mol. The Bertz CT molecular complexity index is 906. The van der Waals surface area contributed by atoms with Crippen LogP contribution in [0.2, 0.25) is 0 Å². The van der Waals surface area contributed by atoms with Gasteiger partial charge in [-0.1, -0.05) is 115 Å². The molecular formula is C41H74NO7+. The predicted octanol–water partition coefficient (Wildman–Crippen LogP) is 9.91. The maximum absolute atomic E-state index is 12.6. The Morgan fingerprint density at radius 3 is 1.65 bits per heavy atom. The van der Waals surface area contributed by atoms with Crippen molar-refractivity contribution in [3.05, 3.63) is 36.5 Å². The number of esters is 2. The first-order valence-corrected chi connectivity index (χ1v) is 19.5. The third-order valence-electron chi connectivity index (χ3n) is 8.54. The van der Waals surface area contributed by atoms with Gasteiger partial charge in [-0.3, -0.25) is 9.59 Å². The Morgan fingerprint density at radius 2 is 1.10 bits per heavy atom. The first kappa shape index (κ1) is 46.5. The van der Waals surface area contributed by atoms with Crippen LogP contribution in [-0.2, 0) is 28.6 Å². The van der Waals surface area contributed by atoms with E-state index >= 15 is 0 Å². The number of rotatable bonds is 34. The molecule has 0 fully saturated rings. The number of nitrogens with zero attached hydrogens (tertiary/aromatic N) is 1. The molecule has 8 nitrogen and oxygen atoms in total.